The molecule has 0 spiro atoms. The van der Waals surface area contributed by atoms with Crippen molar-refractivity contribution in [1.29, 1.82) is 0 Å². The van der Waals surface area contributed by atoms with E-state index in [9.17, 15) is 5.11 Å². The van der Waals surface area contributed by atoms with Crippen LogP contribution >= 0.6 is 0 Å². The Morgan fingerprint density at radius 3 is 2.50 bits per heavy atom. The van der Waals surface area contributed by atoms with Crippen molar-refractivity contribution in [2.24, 2.45) is 0 Å². The molecule has 5 heteroatoms. The molecule has 0 bridgehead atoms. The first-order valence-corrected chi connectivity index (χ1v) is 7.19. The average molecular weight is 294 g/mol. The first-order valence-electron chi connectivity index (χ1n) is 7.19. The molecule has 0 aliphatic rings. The highest BCUT2D eigenvalue weighted by Crippen LogP contribution is 2.21. The third-order valence-electron chi connectivity index (χ3n) is 3.53. The zero-order chi connectivity index (χ0) is 15.4. The fourth-order valence-corrected chi connectivity index (χ4v) is 2.33. The van der Waals surface area contributed by atoms with Crippen molar-refractivity contribution in [2.45, 2.75) is 19.6 Å². The topological polar surface area (TPSA) is 63.0 Å². The number of aromatic nitrogens is 3. The van der Waals surface area contributed by atoms with Crippen molar-refractivity contribution in [3.8, 4) is 5.69 Å². The lowest BCUT2D eigenvalue weighted by atomic mass is 10.1. The third kappa shape index (κ3) is 3.15. The Morgan fingerprint density at radius 2 is 1.82 bits per heavy atom. The summed E-state index contributed by atoms with van der Waals surface area (Å²) in [4.78, 5) is 1.58. The van der Waals surface area contributed by atoms with Gasteiger partial charge in [-0.3, -0.25) is 0 Å². The van der Waals surface area contributed by atoms with Crippen LogP contribution in [0.15, 0.2) is 60.9 Å². The Bertz CT molecular complexity index is 723. The van der Waals surface area contributed by atoms with Gasteiger partial charge in [-0.1, -0.05) is 24.3 Å². The number of hydrogen-bond donors (Lipinski definition) is 2. The molecule has 1 unspecified atom stereocenters. The van der Waals surface area contributed by atoms with Crippen LogP contribution in [0.25, 0.3) is 5.69 Å². The SMILES string of the molecule is CC(Nc1ccc(-n2nccn2)cc1)c1cccc(CO)c1. The molecule has 1 atom stereocenters. The van der Waals surface area contributed by atoms with Gasteiger partial charge in [-0.25, -0.2) is 0 Å². The molecule has 0 saturated heterocycles. The van der Waals surface area contributed by atoms with E-state index in [0.29, 0.717) is 0 Å². The Morgan fingerprint density at radius 1 is 1.09 bits per heavy atom. The van der Waals surface area contributed by atoms with Gasteiger partial charge in [0.05, 0.1) is 24.7 Å². The van der Waals surface area contributed by atoms with Crippen molar-refractivity contribution in [1.82, 2.24) is 15.0 Å². The molecule has 3 aromatic rings. The van der Waals surface area contributed by atoms with E-state index < -0.39 is 0 Å². The number of benzene rings is 2. The maximum Gasteiger partial charge on any atom is 0.0858 e. The first-order chi connectivity index (χ1) is 10.8. The molecule has 2 N–H and O–H groups in total. The highest BCUT2D eigenvalue weighted by Gasteiger charge is 2.06. The van der Waals surface area contributed by atoms with E-state index in [-0.39, 0.29) is 12.6 Å². The summed E-state index contributed by atoms with van der Waals surface area (Å²) in [5.74, 6) is 0. The van der Waals surface area contributed by atoms with Crippen molar-refractivity contribution in [2.75, 3.05) is 5.32 Å². The fourth-order valence-electron chi connectivity index (χ4n) is 2.33. The van der Waals surface area contributed by atoms with Crippen LogP contribution in [0.1, 0.15) is 24.1 Å². The van der Waals surface area contributed by atoms with Crippen LogP contribution in [0.2, 0.25) is 0 Å². The monoisotopic (exact) mass is 294 g/mol. The fraction of sp³-hybridized carbons (Fsp3) is 0.176. The van der Waals surface area contributed by atoms with Crippen LogP contribution in [0.5, 0.6) is 0 Å². The van der Waals surface area contributed by atoms with E-state index >= 15 is 0 Å². The molecule has 0 fully saturated rings. The smallest absolute Gasteiger partial charge is 0.0858 e. The molecule has 0 radical (unpaired) electrons. The van der Waals surface area contributed by atoms with E-state index in [1.54, 1.807) is 17.2 Å². The molecular formula is C17H18N4O. The average Bonchev–Trinajstić information content (AvgIpc) is 3.10. The van der Waals surface area contributed by atoms with Crippen molar-refractivity contribution in [3.05, 3.63) is 72.1 Å². The predicted molar refractivity (Wildman–Crippen MR) is 85.8 cm³/mol. The van der Waals surface area contributed by atoms with E-state index in [4.69, 9.17) is 0 Å². The zero-order valence-electron chi connectivity index (χ0n) is 12.3. The highest BCUT2D eigenvalue weighted by atomic mass is 16.3. The summed E-state index contributed by atoms with van der Waals surface area (Å²) in [6, 6.07) is 16.1. The summed E-state index contributed by atoms with van der Waals surface area (Å²) in [6.07, 6.45) is 3.31. The Hall–Kier alpha value is -2.66. The molecule has 3 rings (SSSR count). The molecular weight excluding hydrogens is 276 g/mol. The van der Waals surface area contributed by atoms with Gasteiger partial charge in [0.15, 0.2) is 0 Å². The minimum Gasteiger partial charge on any atom is -0.392 e. The zero-order valence-corrected chi connectivity index (χ0v) is 12.3. The lowest BCUT2D eigenvalue weighted by Gasteiger charge is -2.16. The van der Waals surface area contributed by atoms with E-state index in [2.05, 4.69) is 28.5 Å². The van der Waals surface area contributed by atoms with E-state index in [1.807, 2.05) is 42.5 Å². The Labute approximate surface area is 129 Å². The van der Waals surface area contributed by atoms with Gasteiger partial charge in [0, 0.05) is 11.7 Å². The predicted octanol–water partition coefficient (Wildman–Crippen LogP) is 2.93. The minimum atomic E-state index is 0.0616. The molecule has 0 aliphatic carbocycles. The summed E-state index contributed by atoms with van der Waals surface area (Å²) in [5, 5.41) is 20.9. The van der Waals surface area contributed by atoms with Gasteiger partial charge in [0.1, 0.15) is 0 Å². The second-order valence-corrected chi connectivity index (χ2v) is 5.13. The Kier molecular flexibility index (Phi) is 4.16. The number of nitrogens with zero attached hydrogens (tertiary/aromatic N) is 3. The minimum absolute atomic E-state index is 0.0616. The number of aliphatic hydroxyl groups is 1. The normalized spacial score (nSPS) is 12.1. The summed E-state index contributed by atoms with van der Waals surface area (Å²) in [5.41, 5.74) is 4.01. The Balaban J connectivity index is 1.72. The van der Waals surface area contributed by atoms with Gasteiger partial charge < -0.3 is 10.4 Å². The van der Waals surface area contributed by atoms with Crippen LogP contribution in [-0.4, -0.2) is 20.1 Å². The van der Waals surface area contributed by atoms with Gasteiger partial charge in [0.2, 0.25) is 0 Å². The summed E-state index contributed by atoms with van der Waals surface area (Å²) >= 11 is 0. The van der Waals surface area contributed by atoms with Crippen LogP contribution in [-0.2, 0) is 6.61 Å². The molecule has 0 amide bonds. The molecule has 22 heavy (non-hydrogen) atoms. The second kappa shape index (κ2) is 6.41. The summed E-state index contributed by atoms with van der Waals surface area (Å²) in [6.45, 7) is 2.16. The molecule has 1 aromatic heterocycles. The summed E-state index contributed by atoms with van der Waals surface area (Å²) < 4.78 is 0. The lowest BCUT2D eigenvalue weighted by molar-refractivity contribution is 0.281. The van der Waals surface area contributed by atoms with Gasteiger partial charge >= 0.3 is 0 Å². The van der Waals surface area contributed by atoms with Crippen LogP contribution < -0.4 is 5.32 Å². The van der Waals surface area contributed by atoms with Crippen molar-refractivity contribution in [3.63, 3.8) is 0 Å². The van der Waals surface area contributed by atoms with Crippen molar-refractivity contribution >= 4 is 5.69 Å². The number of aliphatic hydroxyl groups excluding tert-OH is 1. The molecule has 2 aromatic carbocycles. The van der Waals surface area contributed by atoms with E-state index in [0.717, 1.165) is 22.5 Å². The largest absolute Gasteiger partial charge is 0.392 e. The van der Waals surface area contributed by atoms with Gasteiger partial charge in [0.25, 0.3) is 0 Å². The van der Waals surface area contributed by atoms with Gasteiger partial charge in [-0.2, -0.15) is 15.0 Å². The lowest BCUT2D eigenvalue weighted by Crippen LogP contribution is -2.07. The second-order valence-electron chi connectivity index (χ2n) is 5.13. The van der Waals surface area contributed by atoms with Crippen LogP contribution in [0, 0.1) is 0 Å². The van der Waals surface area contributed by atoms with Gasteiger partial charge in [-0.05, 0) is 42.3 Å². The molecule has 5 nitrogen and oxygen atoms in total. The highest BCUT2D eigenvalue weighted by molar-refractivity contribution is 5.49. The number of rotatable bonds is 5. The quantitative estimate of drug-likeness (QED) is 0.759. The standard InChI is InChI=1S/C17H18N4O/c1-13(15-4-2-3-14(11-15)12-22)20-16-5-7-17(8-6-16)21-18-9-10-19-21/h2-11,13,20,22H,12H2,1H3. The summed E-state index contributed by atoms with van der Waals surface area (Å²) in [7, 11) is 0. The molecule has 0 saturated carbocycles. The van der Waals surface area contributed by atoms with Crippen LogP contribution in [0.4, 0.5) is 5.69 Å². The van der Waals surface area contributed by atoms with Crippen LogP contribution in [0.3, 0.4) is 0 Å². The number of anilines is 1. The molecule has 0 aliphatic heterocycles. The maximum absolute atomic E-state index is 9.22. The number of hydrogen-bond acceptors (Lipinski definition) is 4. The first kappa shape index (κ1) is 14.3. The maximum atomic E-state index is 9.22. The number of nitrogens with one attached hydrogen (secondary N) is 1. The molecule has 1 heterocycles. The van der Waals surface area contributed by atoms with Gasteiger partial charge in [-0.15, -0.1) is 0 Å². The molecule has 112 valence electrons. The third-order valence-corrected chi connectivity index (χ3v) is 3.53. The van der Waals surface area contributed by atoms with Crippen molar-refractivity contribution < 1.29 is 5.11 Å². The van der Waals surface area contributed by atoms with E-state index in [1.165, 1.54) is 0 Å².